The summed E-state index contributed by atoms with van der Waals surface area (Å²) in [5.74, 6) is -0.328. The van der Waals surface area contributed by atoms with Crippen molar-refractivity contribution in [1.29, 1.82) is 0 Å². The molecule has 27 heavy (non-hydrogen) atoms. The number of nitrogens with zero attached hydrogens (tertiary/aromatic N) is 2. The lowest BCUT2D eigenvalue weighted by Gasteiger charge is -2.33. The Kier molecular flexibility index (Phi) is 11.8. The largest absolute Gasteiger partial charge is 0.385 e. The zero-order valence-electron chi connectivity index (χ0n) is 16.1. The molecule has 0 unspecified atom stereocenters. The Bertz CT molecular complexity index is 581. The van der Waals surface area contributed by atoms with Crippen molar-refractivity contribution in [3.63, 3.8) is 0 Å². The Morgan fingerprint density at radius 2 is 2.04 bits per heavy atom. The average Bonchev–Trinajstić information content (AvgIpc) is 2.64. The summed E-state index contributed by atoms with van der Waals surface area (Å²) in [5.41, 5.74) is 0.499. The van der Waals surface area contributed by atoms with E-state index in [1.165, 1.54) is 12.1 Å². The fourth-order valence-electron chi connectivity index (χ4n) is 3.16. The summed E-state index contributed by atoms with van der Waals surface area (Å²) >= 11 is 0. The van der Waals surface area contributed by atoms with Crippen LogP contribution >= 0.6 is 24.0 Å². The molecule has 1 fully saturated rings. The molecular weight excluding hydrogens is 465 g/mol. The molecule has 5 nitrogen and oxygen atoms in total. The van der Waals surface area contributed by atoms with Crippen LogP contribution < -0.4 is 10.6 Å². The SMILES string of the molecule is CN=C(NCCc1ccc(F)cc1F)NC1CCN(CCCOC)CC1.I. The molecule has 1 aliphatic heterocycles. The maximum atomic E-state index is 13.7. The van der Waals surface area contributed by atoms with Gasteiger partial charge >= 0.3 is 0 Å². The molecule has 0 aromatic heterocycles. The molecule has 8 heteroatoms. The molecule has 154 valence electrons. The van der Waals surface area contributed by atoms with Gasteiger partial charge in [0.15, 0.2) is 5.96 Å². The summed E-state index contributed by atoms with van der Waals surface area (Å²) in [6.07, 6.45) is 3.68. The number of nitrogens with one attached hydrogen (secondary N) is 2. The highest BCUT2D eigenvalue weighted by Crippen LogP contribution is 2.11. The number of halogens is 3. The lowest BCUT2D eigenvalue weighted by molar-refractivity contribution is 0.155. The predicted octanol–water partition coefficient (Wildman–Crippen LogP) is 2.79. The first-order valence-corrected chi connectivity index (χ1v) is 9.24. The number of piperidine rings is 1. The molecular formula is C19H31F2IN4O. The van der Waals surface area contributed by atoms with E-state index < -0.39 is 11.6 Å². The first-order chi connectivity index (χ1) is 12.6. The Balaban J connectivity index is 0.00000364. The van der Waals surface area contributed by atoms with Gasteiger partial charge in [-0.1, -0.05) is 6.07 Å². The molecule has 1 aromatic rings. The third-order valence-electron chi connectivity index (χ3n) is 4.68. The number of benzene rings is 1. The number of likely N-dealkylation sites (tertiary alicyclic amines) is 1. The van der Waals surface area contributed by atoms with Gasteiger partial charge in [0.2, 0.25) is 0 Å². The van der Waals surface area contributed by atoms with Gasteiger partial charge in [-0.2, -0.15) is 0 Å². The zero-order chi connectivity index (χ0) is 18.8. The summed E-state index contributed by atoms with van der Waals surface area (Å²) in [7, 11) is 3.47. The number of hydrogen-bond donors (Lipinski definition) is 2. The smallest absolute Gasteiger partial charge is 0.191 e. The highest BCUT2D eigenvalue weighted by molar-refractivity contribution is 14.0. The van der Waals surface area contributed by atoms with E-state index in [4.69, 9.17) is 4.74 Å². The van der Waals surface area contributed by atoms with Crippen molar-refractivity contribution in [3.05, 3.63) is 35.4 Å². The van der Waals surface area contributed by atoms with Crippen molar-refractivity contribution < 1.29 is 13.5 Å². The van der Waals surface area contributed by atoms with Gasteiger partial charge in [0.1, 0.15) is 11.6 Å². The van der Waals surface area contributed by atoms with Crippen molar-refractivity contribution in [3.8, 4) is 0 Å². The Hall–Kier alpha value is -1.00. The van der Waals surface area contributed by atoms with E-state index in [1.54, 1.807) is 14.2 Å². The maximum Gasteiger partial charge on any atom is 0.191 e. The van der Waals surface area contributed by atoms with Gasteiger partial charge in [0.05, 0.1) is 0 Å². The monoisotopic (exact) mass is 496 g/mol. The topological polar surface area (TPSA) is 48.9 Å². The molecule has 2 rings (SSSR count). The van der Waals surface area contributed by atoms with Crippen molar-refractivity contribution in [2.45, 2.75) is 31.7 Å². The second-order valence-electron chi connectivity index (χ2n) is 6.59. The van der Waals surface area contributed by atoms with Gasteiger partial charge in [0.25, 0.3) is 0 Å². The van der Waals surface area contributed by atoms with Crippen LogP contribution in [0.25, 0.3) is 0 Å². The molecule has 2 N–H and O–H groups in total. The normalized spacial score (nSPS) is 16.1. The van der Waals surface area contributed by atoms with Gasteiger partial charge in [-0.3, -0.25) is 4.99 Å². The molecule has 0 atom stereocenters. The molecule has 0 radical (unpaired) electrons. The van der Waals surface area contributed by atoms with E-state index in [-0.39, 0.29) is 24.0 Å². The summed E-state index contributed by atoms with van der Waals surface area (Å²) in [6.45, 7) is 4.57. The fraction of sp³-hybridized carbons (Fsp3) is 0.632. The lowest BCUT2D eigenvalue weighted by Crippen LogP contribution is -2.49. The quantitative estimate of drug-likeness (QED) is 0.252. The highest BCUT2D eigenvalue weighted by atomic mass is 127. The van der Waals surface area contributed by atoms with Crippen LogP contribution in [0.5, 0.6) is 0 Å². The van der Waals surface area contributed by atoms with Crippen LogP contribution in [-0.2, 0) is 11.2 Å². The minimum absolute atomic E-state index is 0. The molecule has 0 bridgehead atoms. The number of hydrogen-bond acceptors (Lipinski definition) is 3. The van der Waals surface area contributed by atoms with Gasteiger partial charge < -0.3 is 20.3 Å². The number of ether oxygens (including phenoxy) is 1. The zero-order valence-corrected chi connectivity index (χ0v) is 18.5. The Morgan fingerprint density at radius 1 is 1.30 bits per heavy atom. The lowest BCUT2D eigenvalue weighted by atomic mass is 10.1. The molecule has 1 saturated heterocycles. The van der Waals surface area contributed by atoms with Crippen molar-refractivity contribution in [1.82, 2.24) is 15.5 Å². The predicted molar refractivity (Wildman–Crippen MR) is 116 cm³/mol. The number of rotatable bonds is 8. The van der Waals surface area contributed by atoms with Crippen LogP contribution in [0.3, 0.4) is 0 Å². The Labute approximate surface area is 178 Å². The van der Waals surface area contributed by atoms with Crippen molar-refractivity contribution in [2.75, 3.05) is 46.9 Å². The molecule has 0 amide bonds. The summed E-state index contributed by atoms with van der Waals surface area (Å²) in [4.78, 5) is 6.70. The van der Waals surface area contributed by atoms with E-state index in [0.717, 1.165) is 57.5 Å². The van der Waals surface area contributed by atoms with Gasteiger partial charge in [-0.05, 0) is 37.3 Å². The standard InChI is InChI=1S/C19H30F2N4O.HI/c1-22-19(23-9-6-15-4-5-16(20)14-18(15)21)24-17-7-11-25(12-8-17)10-3-13-26-2;/h4-5,14,17H,3,6-13H2,1-2H3,(H2,22,23,24);1H. The molecule has 1 aliphatic rings. The molecule has 1 aromatic carbocycles. The van der Waals surface area contributed by atoms with E-state index in [2.05, 4.69) is 20.5 Å². The first kappa shape index (κ1) is 24.0. The molecule has 1 heterocycles. The van der Waals surface area contributed by atoms with Crippen LogP contribution in [-0.4, -0.2) is 63.8 Å². The third-order valence-corrected chi connectivity index (χ3v) is 4.68. The minimum Gasteiger partial charge on any atom is -0.385 e. The second kappa shape index (κ2) is 13.2. The summed E-state index contributed by atoms with van der Waals surface area (Å²) in [6, 6.07) is 4.08. The van der Waals surface area contributed by atoms with Crippen LogP contribution in [0.1, 0.15) is 24.8 Å². The first-order valence-electron chi connectivity index (χ1n) is 9.24. The van der Waals surface area contributed by atoms with Crippen LogP contribution in [0.2, 0.25) is 0 Å². The maximum absolute atomic E-state index is 13.7. The van der Waals surface area contributed by atoms with Crippen molar-refractivity contribution in [2.24, 2.45) is 4.99 Å². The Morgan fingerprint density at radius 3 is 2.67 bits per heavy atom. The van der Waals surface area contributed by atoms with Crippen LogP contribution in [0.15, 0.2) is 23.2 Å². The van der Waals surface area contributed by atoms with E-state index >= 15 is 0 Å². The van der Waals surface area contributed by atoms with Crippen molar-refractivity contribution >= 4 is 29.9 Å². The van der Waals surface area contributed by atoms with Gasteiger partial charge in [-0.15, -0.1) is 24.0 Å². The van der Waals surface area contributed by atoms with E-state index in [0.29, 0.717) is 24.6 Å². The molecule has 0 saturated carbocycles. The molecule has 0 aliphatic carbocycles. The van der Waals surface area contributed by atoms with Gasteiger partial charge in [0, 0.05) is 59.1 Å². The summed E-state index contributed by atoms with van der Waals surface area (Å²) in [5, 5.41) is 6.65. The van der Waals surface area contributed by atoms with Gasteiger partial charge in [-0.25, -0.2) is 8.78 Å². The second-order valence-corrected chi connectivity index (χ2v) is 6.59. The fourth-order valence-corrected chi connectivity index (χ4v) is 3.16. The average molecular weight is 496 g/mol. The van der Waals surface area contributed by atoms with E-state index in [1.807, 2.05) is 0 Å². The minimum atomic E-state index is -0.551. The summed E-state index contributed by atoms with van der Waals surface area (Å²) < 4.78 is 31.7. The highest BCUT2D eigenvalue weighted by Gasteiger charge is 2.19. The number of aliphatic imine (C=N–C) groups is 1. The van der Waals surface area contributed by atoms with Crippen LogP contribution in [0, 0.1) is 11.6 Å². The third kappa shape index (κ3) is 8.69. The molecule has 0 spiro atoms. The number of guanidine groups is 1. The van der Waals surface area contributed by atoms with E-state index in [9.17, 15) is 8.78 Å². The van der Waals surface area contributed by atoms with Crippen LogP contribution in [0.4, 0.5) is 8.78 Å². The number of methoxy groups -OCH3 is 1.